The lowest BCUT2D eigenvalue weighted by atomic mass is 9.95. The molecule has 0 N–H and O–H groups in total. The first kappa shape index (κ1) is 23.3. The number of halogens is 3. The molecule has 0 aliphatic heterocycles. The fraction of sp³-hybridized carbons (Fsp3) is 0.400. The van der Waals surface area contributed by atoms with Gasteiger partial charge in [0.05, 0.1) is 27.0 Å². The van der Waals surface area contributed by atoms with Crippen molar-refractivity contribution in [2.24, 2.45) is 0 Å². The summed E-state index contributed by atoms with van der Waals surface area (Å²) in [6, 6.07) is 6.91. The molecule has 0 amide bonds. The van der Waals surface area contributed by atoms with E-state index in [0.717, 1.165) is 31.5 Å². The van der Waals surface area contributed by atoms with Crippen molar-refractivity contribution in [2.75, 3.05) is 13.1 Å². The second-order valence-electron chi connectivity index (χ2n) is 6.87. The number of hydrogen-bond donors (Lipinski definition) is 0. The average Bonchev–Trinajstić information content (AvgIpc) is 2.67. The van der Waals surface area contributed by atoms with Gasteiger partial charge in [0.1, 0.15) is 0 Å². The van der Waals surface area contributed by atoms with Gasteiger partial charge in [0.15, 0.2) is 0 Å². The Bertz CT molecular complexity index is 909. The van der Waals surface area contributed by atoms with Gasteiger partial charge in [-0.1, -0.05) is 38.1 Å². The Kier molecular flexibility index (Phi) is 7.49. The van der Waals surface area contributed by atoms with Crippen LogP contribution in [0.25, 0.3) is 11.1 Å². The number of alkyl halides is 3. The van der Waals surface area contributed by atoms with E-state index < -0.39 is 38.5 Å². The van der Waals surface area contributed by atoms with Crippen molar-refractivity contribution in [3.05, 3.63) is 67.8 Å². The monoisotopic (exact) mass is 425 g/mol. The summed E-state index contributed by atoms with van der Waals surface area (Å²) >= 11 is 0. The van der Waals surface area contributed by atoms with Gasteiger partial charge in [0, 0.05) is 12.6 Å². The summed E-state index contributed by atoms with van der Waals surface area (Å²) in [7, 11) is 0. The fourth-order valence-electron chi connectivity index (χ4n) is 3.33. The van der Waals surface area contributed by atoms with Gasteiger partial charge < -0.3 is 0 Å². The molecule has 2 rings (SSSR count). The molecule has 30 heavy (non-hydrogen) atoms. The number of benzene rings is 2. The van der Waals surface area contributed by atoms with Crippen LogP contribution in [0.1, 0.15) is 37.8 Å². The molecule has 0 radical (unpaired) electrons. The molecule has 0 fully saturated rings. The first-order chi connectivity index (χ1) is 14.1. The molecule has 162 valence electrons. The lowest BCUT2D eigenvalue weighted by Crippen LogP contribution is -2.24. The number of hydrogen-bond acceptors (Lipinski definition) is 5. The maximum Gasteiger partial charge on any atom is 0.417 e. The third-order valence-corrected chi connectivity index (χ3v) is 4.54. The highest BCUT2D eigenvalue weighted by Crippen LogP contribution is 2.44. The second kappa shape index (κ2) is 9.66. The Morgan fingerprint density at radius 3 is 1.93 bits per heavy atom. The first-order valence-electron chi connectivity index (χ1n) is 9.44. The van der Waals surface area contributed by atoms with Crippen molar-refractivity contribution >= 4 is 11.4 Å². The van der Waals surface area contributed by atoms with Crippen LogP contribution in [-0.4, -0.2) is 27.8 Å². The quantitative estimate of drug-likeness (QED) is 0.374. The van der Waals surface area contributed by atoms with E-state index in [0.29, 0.717) is 18.7 Å². The zero-order chi connectivity index (χ0) is 22.5. The van der Waals surface area contributed by atoms with Crippen LogP contribution >= 0.6 is 0 Å². The fourth-order valence-corrected chi connectivity index (χ4v) is 3.33. The van der Waals surface area contributed by atoms with Crippen molar-refractivity contribution in [3.63, 3.8) is 0 Å². The summed E-state index contributed by atoms with van der Waals surface area (Å²) in [6.45, 7) is 6.47. The highest BCUT2D eigenvalue weighted by molar-refractivity contribution is 5.79. The normalized spacial score (nSPS) is 11.7. The van der Waals surface area contributed by atoms with Gasteiger partial charge in [-0.05, 0) is 37.1 Å². The third-order valence-electron chi connectivity index (χ3n) is 4.54. The van der Waals surface area contributed by atoms with Crippen LogP contribution in [-0.2, 0) is 12.7 Å². The molecule has 0 bridgehead atoms. The van der Waals surface area contributed by atoms with Gasteiger partial charge in [0.25, 0.3) is 11.4 Å². The Labute approximate surface area is 171 Å². The second-order valence-corrected chi connectivity index (χ2v) is 6.87. The molecule has 0 spiro atoms. The number of nitro benzene ring substituents is 2. The van der Waals surface area contributed by atoms with Crippen LogP contribution in [0.4, 0.5) is 24.5 Å². The largest absolute Gasteiger partial charge is 0.417 e. The van der Waals surface area contributed by atoms with Gasteiger partial charge in [-0.2, -0.15) is 13.2 Å². The van der Waals surface area contributed by atoms with E-state index >= 15 is 0 Å². The minimum Gasteiger partial charge on any atom is -0.299 e. The molecule has 0 aliphatic carbocycles. The van der Waals surface area contributed by atoms with E-state index in [-0.39, 0.29) is 5.56 Å². The van der Waals surface area contributed by atoms with Crippen molar-refractivity contribution in [1.29, 1.82) is 0 Å². The summed E-state index contributed by atoms with van der Waals surface area (Å²) in [5.74, 6) is 0. The summed E-state index contributed by atoms with van der Waals surface area (Å²) < 4.78 is 40.8. The van der Waals surface area contributed by atoms with Gasteiger partial charge in [0.2, 0.25) is 0 Å². The van der Waals surface area contributed by atoms with E-state index in [4.69, 9.17) is 0 Å². The molecule has 0 heterocycles. The zero-order valence-corrected chi connectivity index (χ0v) is 16.6. The molecule has 0 atom stereocenters. The minimum atomic E-state index is -5.00. The van der Waals surface area contributed by atoms with Crippen LogP contribution in [0.15, 0.2) is 36.4 Å². The third kappa shape index (κ3) is 5.53. The average molecular weight is 425 g/mol. The summed E-state index contributed by atoms with van der Waals surface area (Å²) in [6.07, 6.45) is -3.08. The van der Waals surface area contributed by atoms with Gasteiger partial charge >= 0.3 is 6.18 Å². The van der Waals surface area contributed by atoms with Crippen molar-refractivity contribution in [1.82, 2.24) is 4.90 Å². The molecule has 0 aromatic heterocycles. The van der Waals surface area contributed by atoms with Crippen molar-refractivity contribution in [2.45, 2.75) is 39.4 Å². The van der Waals surface area contributed by atoms with Crippen molar-refractivity contribution < 1.29 is 23.0 Å². The van der Waals surface area contributed by atoms with Gasteiger partial charge in [-0.25, -0.2) is 0 Å². The summed E-state index contributed by atoms with van der Waals surface area (Å²) in [4.78, 5) is 22.5. The maximum atomic E-state index is 13.6. The smallest absolute Gasteiger partial charge is 0.299 e. The predicted octanol–water partition coefficient (Wildman–Crippen LogP) is 5.81. The molecule has 0 unspecified atom stereocenters. The van der Waals surface area contributed by atoms with Crippen molar-refractivity contribution in [3.8, 4) is 11.1 Å². The lowest BCUT2D eigenvalue weighted by Gasteiger charge is -2.21. The molecular weight excluding hydrogens is 403 g/mol. The lowest BCUT2D eigenvalue weighted by molar-refractivity contribution is -0.394. The molecule has 10 heteroatoms. The molecular formula is C20H22F3N3O4. The molecule has 7 nitrogen and oxygen atoms in total. The van der Waals surface area contributed by atoms with E-state index in [2.05, 4.69) is 18.7 Å². The highest BCUT2D eigenvalue weighted by Gasteiger charge is 2.39. The molecule has 0 aliphatic rings. The number of non-ortho nitro benzene ring substituents is 1. The van der Waals surface area contributed by atoms with Crippen LogP contribution < -0.4 is 0 Å². The molecule has 0 saturated heterocycles. The maximum absolute atomic E-state index is 13.6. The molecule has 0 saturated carbocycles. The predicted molar refractivity (Wildman–Crippen MR) is 106 cm³/mol. The molecule has 2 aromatic rings. The van der Waals surface area contributed by atoms with Crippen LogP contribution in [0.5, 0.6) is 0 Å². The van der Waals surface area contributed by atoms with Crippen LogP contribution in [0, 0.1) is 20.2 Å². The standard InChI is InChI=1S/C20H22F3N3O4/c1-3-9-24(10-4-2)13-14-5-7-15(8-6-14)19-17(20(21,22)23)11-16(25(27)28)12-18(19)26(29)30/h5-8,11-12H,3-4,9-10,13H2,1-2H3. The zero-order valence-electron chi connectivity index (χ0n) is 16.6. The van der Waals surface area contributed by atoms with E-state index in [1.165, 1.54) is 12.1 Å². The Balaban J connectivity index is 2.54. The Morgan fingerprint density at radius 1 is 0.933 bits per heavy atom. The highest BCUT2D eigenvalue weighted by atomic mass is 19.4. The number of nitrogens with zero attached hydrogens (tertiary/aromatic N) is 3. The van der Waals surface area contributed by atoms with Gasteiger partial charge in [-0.3, -0.25) is 25.1 Å². The first-order valence-corrected chi connectivity index (χ1v) is 9.44. The van der Waals surface area contributed by atoms with Crippen LogP contribution in [0.3, 0.4) is 0 Å². The van der Waals surface area contributed by atoms with E-state index in [9.17, 15) is 33.4 Å². The Morgan fingerprint density at radius 2 is 1.50 bits per heavy atom. The SMILES string of the molecule is CCCN(CCC)Cc1ccc(-c2c([N+](=O)[O-])cc([N+](=O)[O-])cc2C(F)(F)F)cc1. The summed E-state index contributed by atoms with van der Waals surface area (Å²) in [5.41, 5.74) is -3.19. The van der Waals surface area contributed by atoms with Crippen LogP contribution in [0.2, 0.25) is 0 Å². The minimum absolute atomic E-state index is 0.0230. The van der Waals surface area contributed by atoms with E-state index in [1.54, 1.807) is 12.1 Å². The van der Waals surface area contributed by atoms with E-state index in [1.807, 2.05) is 0 Å². The summed E-state index contributed by atoms with van der Waals surface area (Å²) in [5, 5.41) is 22.4. The number of nitro groups is 2. The number of rotatable bonds is 9. The van der Waals surface area contributed by atoms with Gasteiger partial charge in [-0.15, -0.1) is 0 Å². The topological polar surface area (TPSA) is 89.5 Å². The molecule has 2 aromatic carbocycles. The Hall–Kier alpha value is -3.01.